The summed E-state index contributed by atoms with van der Waals surface area (Å²) in [5.41, 5.74) is 6.72. The number of benzene rings is 2. The summed E-state index contributed by atoms with van der Waals surface area (Å²) in [6, 6.07) is 22.2. The largest absolute Gasteiger partial charge is 0.253 e. The fourth-order valence-corrected chi connectivity index (χ4v) is 2.75. The second-order valence-electron chi connectivity index (χ2n) is 6.28. The molecule has 0 aliphatic carbocycles. The summed E-state index contributed by atoms with van der Waals surface area (Å²) in [4.78, 5) is 9.15. The van der Waals surface area contributed by atoms with Crippen molar-refractivity contribution in [1.82, 2.24) is 20.2 Å². The predicted octanol–water partition coefficient (Wildman–Crippen LogP) is 4.88. The summed E-state index contributed by atoms with van der Waals surface area (Å²) >= 11 is 0. The van der Waals surface area contributed by atoms with Gasteiger partial charge in [-0.2, -0.15) is 0 Å². The van der Waals surface area contributed by atoms with Crippen LogP contribution in [-0.2, 0) is 0 Å². The van der Waals surface area contributed by atoms with E-state index in [9.17, 15) is 0 Å². The second kappa shape index (κ2) is 6.84. The van der Waals surface area contributed by atoms with E-state index in [-0.39, 0.29) is 0 Å². The van der Waals surface area contributed by atoms with Gasteiger partial charge in [0, 0.05) is 17.3 Å². The molecule has 2 aromatic carbocycles. The zero-order valence-corrected chi connectivity index (χ0v) is 14.7. The minimum absolute atomic E-state index is 0.525. The standard InChI is InChI=1S/C22H18N4/c1-15-6-10-17(11-7-15)20-21(18-12-8-16(2)9-13-18)25-26-22(24-20)19-5-3-4-14-23-19/h3-14H,1-2H3. The van der Waals surface area contributed by atoms with Crippen molar-refractivity contribution in [1.29, 1.82) is 0 Å². The van der Waals surface area contributed by atoms with Gasteiger partial charge in [-0.1, -0.05) is 65.7 Å². The molecule has 26 heavy (non-hydrogen) atoms. The second-order valence-corrected chi connectivity index (χ2v) is 6.28. The molecule has 0 bridgehead atoms. The topological polar surface area (TPSA) is 51.6 Å². The molecule has 0 aliphatic heterocycles. The first-order valence-corrected chi connectivity index (χ1v) is 8.51. The third kappa shape index (κ3) is 3.22. The fraction of sp³-hybridized carbons (Fsp3) is 0.0909. The van der Waals surface area contributed by atoms with Gasteiger partial charge in [-0.05, 0) is 26.0 Å². The Kier molecular flexibility index (Phi) is 4.23. The molecule has 0 saturated heterocycles. The molecule has 0 atom stereocenters. The van der Waals surface area contributed by atoms with Crippen LogP contribution in [-0.4, -0.2) is 20.2 Å². The van der Waals surface area contributed by atoms with E-state index < -0.39 is 0 Å². The molecular formula is C22H18N4. The Morgan fingerprint density at radius 2 is 1.23 bits per heavy atom. The molecule has 2 heterocycles. The lowest BCUT2D eigenvalue weighted by Crippen LogP contribution is -2.01. The van der Waals surface area contributed by atoms with E-state index in [0.29, 0.717) is 11.5 Å². The van der Waals surface area contributed by atoms with E-state index in [1.807, 2.05) is 18.2 Å². The number of hydrogen-bond donors (Lipinski definition) is 0. The molecule has 0 aliphatic rings. The molecule has 4 rings (SSSR count). The molecule has 0 amide bonds. The van der Waals surface area contributed by atoms with Crippen LogP contribution in [0.15, 0.2) is 72.9 Å². The first kappa shape index (κ1) is 16.1. The van der Waals surface area contributed by atoms with Crippen LogP contribution in [0.5, 0.6) is 0 Å². The Balaban J connectivity index is 1.90. The van der Waals surface area contributed by atoms with Crippen molar-refractivity contribution < 1.29 is 0 Å². The molecule has 4 aromatic rings. The highest BCUT2D eigenvalue weighted by atomic mass is 15.2. The molecule has 0 unspecified atom stereocenters. The van der Waals surface area contributed by atoms with Crippen LogP contribution in [0.4, 0.5) is 0 Å². The molecule has 0 fully saturated rings. The SMILES string of the molecule is Cc1ccc(-c2nnc(-c3ccccn3)nc2-c2ccc(C)cc2)cc1. The first-order chi connectivity index (χ1) is 12.7. The lowest BCUT2D eigenvalue weighted by atomic mass is 10.0. The molecule has 0 radical (unpaired) electrons. The first-order valence-electron chi connectivity index (χ1n) is 8.51. The van der Waals surface area contributed by atoms with Crippen molar-refractivity contribution >= 4 is 0 Å². The van der Waals surface area contributed by atoms with E-state index in [1.165, 1.54) is 11.1 Å². The van der Waals surface area contributed by atoms with E-state index >= 15 is 0 Å². The van der Waals surface area contributed by atoms with Crippen molar-refractivity contribution in [2.75, 3.05) is 0 Å². The smallest absolute Gasteiger partial charge is 0.201 e. The minimum Gasteiger partial charge on any atom is -0.253 e. The van der Waals surface area contributed by atoms with Gasteiger partial charge in [-0.25, -0.2) is 4.98 Å². The van der Waals surface area contributed by atoms with E-state index in [4.69, 9.17) is 4.98 Å². The Bertz CT molecular complexity index is 1020. The highest BCUT2D eigenvalue weighted by molar-refractivity contribution is 5.78. The summed E-state index contributed by atoms with van der Waals surface area (Å²) in [6.45, 7) is 4.14. The molecule has 2 aromatic heterocycles. The van der Waals surface area contributed by atoms with E-state index in [0.717, 1.165) is 22.5 Å². The highest BCUT2D eigenvalue weighted by Crippen LogP contribution is 2.30. The summed E-state index contributed by atoms with van der Waals surface area (Å²) in [7, 11) is 0. The molecule has 4 nitrogen and oxygen atoms in total. The normalized spacial score (nSPS) is 10.7. The number of aryl methyl sites for hydroxylation is 2. The van der Waals surface area contributed by atoms with Crippen molar-refractivity contribution in [3.8, 4) is 34.0 Å². The number of pyridine rings is 1. The predicted molar refractivity (Wildman–Crippen MR) is 103 cm³/mol. The summed E-state index contributed by atoms with van der Waals surface area (Å²) in [5.74, 6) is 0.525. The Morgan fingerprint density at radius 1 is 0.615 bits per heavy atom. The van der Waals surface area contributed by atoms with Crippen LogP contribution in [0.25, 0.3) is 34.0 Å². The van der Waals surface area contributed by atoms with Crippen LogP contribution in [0, 0.1) is 13.8 Å². The van der Waals surface area contributed by atoms with Gasteiger partial charge in [-0.15, -0.1) is 10.2 Å². The Hall–Kier alpha value is -3.40. The summed E-state index contributed by atoms with van der Waals surface area (Å²) in [6.07, 6.45) is 1.73. The lowest BCUT2D eigenvalue weighted by Gasteiger charge is -2.10. The molecule has 0 saturated carbocycles. The van der Waals surface area contributed by atoms with E-state index in [2.05, 4.69) is 77.6 Å². The average molecular weight is 338 g/mol. The van der Waals surface area contributed by atoms with Gasteiger partial charge >= 0.3 is 0 Å². The van der Waals surface area contributed by atoms with Crippen molar-refractivity contribution in [3.63, 3.8) is 0 Å². The van der Waals surface area contributed by atoms with E-state index in [1.54, 1.807) is 6.20 Å². The maximum Gasteiger partial charge on any atom is 0.201 e. The maximum atomic E-state index is 4.81. The number of aromatic nitrogens is 4. The summed E-state index contributed by atoms with van der Waals surface area (Å²) < 4.78 is 0. The molecule has 0 N–H and O–H groups in total. The van der Waals surface area contributed by atoms with Gasteiger partial charge in [0.25, 0.3) is 0 Å². The zero-order chi connectivity index (χ0) is 17.9. The molecule has 0 spiro atoms. The van der Waals surface area contributed by atoms with Crippen LogP contribution >= 0.6 is 0 Å². The third-order valence-electron chi connectivity index (χ3n) is 4.23. The van der Waals surface area contributed by atoms with Gasteiger partial charge in [0.2, 0.25) is 5.82 Å². The van der Waals surface area contributed by atoms with Crippen LogP contribution in [0.2, 0.25) is 0 Å². The van der Waals surface area contributed by atoms with Crippen molar-refractivity contribution in [2.45, 2.75) is 13.8 Å². The average Bonchev–Trinajstić information content (AvgIpc) is 2.70. The van der Waals surface area contributed by atoms with Crippen LogP contribution < -0.4 is 0 Å². The van der Waals surface area contributed by atoms with Crippen molar-refractivity contribution in [2.24, 2.45) is 0 Å². The monoisotopic (exact) mass is 338 g/mol. The maximum absolute atomic E-state index is 4.81. The third-order valence-corrected chi connectivity index (χ3v) is 4.23. The van der Waals surface area contributed by atoms with Gasteiger partial charge in [0.1, 0.15) is 17.1 Å². The quantitative estimate of drug-likeness (QED) is 0.534. The fourth-order valence-electron chi connectivity index (χ4n) is 2.75. The van der Waals surface area contributed by atoms with Crippen LogP contribution in [0.1, 0.15) is 11.1 Å². The van der Waals surface area contributed by atoms with Crippen LogP contribution in [0.3, 0.4) is 0 Å². The molecule has 126 valence electrons. The van der Waals surface area contributed by atoms with Crippen molar-refractivity contribution in [3.05, 3.63) is 84.1 Å². The van der Waals surface area contributed by atoms with Gasteiger partial charge < -0.3 is 0 Å². The minimum atomic E-state index is 0.525. The molecule has 4 heteroatoms. The van der Waals surface area contributed by atoms with Gasteiger partial charge in [-0.3, -0.25) is 4.98 Å². The Morgan fingerprint density at radius 3 is 1.81 bits per heavy atom. The highest BCUT2D eigenvalue weighted by Gasteiger charge is 2.15. The lowest BCUT2D eigenvalue weighted by molar-refractivity contribution is 0.981. The zero-order valence-electron chi connectivity index (χ0n) is 14.7. The van der Waals surface area contributed by atoms with Gasteiger partial charge in [0.05, 0.1) is 0 Å². The number of hydrogen-bond acceptors (Lipinski definition) is 4. The molecular weight excluding hydrogens is 320 g/mol. The number of nitrogens with zero attached hydrogens (tertiary/aromatic N) is 4. The summed E-state index contributed by atoms with van der Waals surface area (Å²) in [5, 5.41) is 8.83. The number of rotatable bonds is 3. The van der Waals surface area contributed by atoms with Gasteiger partial charge in [0.15, 0.2) is 0 Å². The Labute approximate surface area is 152 Å².